The molecular weight excluding hydrogens is 512 g/mol. The maximum Gasteiger partial charge on any atom is 0.255 e. The van der Waals surface area contributed by atoms with E-state index in [1.165, 1.54) is 48.7 Å². The van der Waals surface area contributed by atoms with Crippen molar-refractivity contribution < 1.29 is 17.6 Å². The number of nitrogens with zero attached hydrogens (tertiary/aromatic N) is 2. The van der Waals surface area contributed by atoms with Crippen molar-refractivity contribution in [1.29, 1.82) is 0 Å². The number of hydrogen-bond acceptors (Lipinski definition) is 4. The van der Waals surface area contributed by atoms with Crippen LogP contribution in [0.1, 0.15) is 11.1 Å². The predicted molar refractivity (Wildman–Crippen MR) is 128 cm³/mol. The van der Waals surface area contributed by atoms with Crippen LogP contribution in [0.3, 0.4) is 0 Å². The molecule has 0 aromatic heterocycles. The second-order valence-electron chi connectivity index (χ2n) is 6.78. The van der Waals surface area contributed by atoms with E-state index >= 15 is 0 Å². The quantitative estimate of drug-likeness (QED) is 0.325. The van der Waals surface area contributed by atoms with Crippen LogP contribution in [0, 0.1) is 5.82 Å². The predicted octanol–water partition coefficient (Wildman–Crippen LogP) is 5.13. The number of benzene rings is 3. The van der Waals surface area contributed by atoms with Crippen molar-refractivity contribution in [2.45, 2.75) is 11.4 Å². The van der Waals surface area contributed by atoms with Gasteiger partial charge in [0.15, 0.2) is 0 Å². The largest absolute Gasteiger partial charge is 0.272 e. The summed E-state index contributed by atoms with van der Waals surface area (Å²) in [4.78, 5) is 12.4. The Balaban J connectivity index is 1.84. The van der Waals surface area contributed by atoms with Crippen LogP contribution < -0.4 is 5.43 Å². The number of amides is 1. The highest BCUT2D eigenvalue weighted by Crippen LogP contribution is 2.28. The molecule has 0 aliphatic carbocycles. The fraction of sp³-hybridized carbons (Fsp3) is 0.0909. The topological polar surface area (TPSA) is 78.8 Å². The monoisotopic (exact) mass is 527 g/mol. The SMILES string of the molecule is O=C(CN(Cc1c(Cl)cccc1Cl)S(=O)(=O)c1ccc(Cl)cc1)N/N=C\c1cccc(F)c1. The van der Waals surface area contributed by atoms with Gasteiger partial charge in [-0.15, -0.1) is 0 Å². The molecule has 0 bridgehead atoms. The van der Waals surface area contributed by atoms with Gasteiger partial charge in [0.2, 0.25) is 10.0 Å². The van der Waals surface area contributed by atoms with E-state index in [9.17, 15) is 17.6 Å². The van der Waals surface area contributed by atoms with Gasteiger partial charge in [0, 0.05) is 27.2 Å². The van der Waals surface area contributed by atoms with Crippen LogP contribution in [0.15, 0.2) is 76.7 Å². The van der Waals surface area contributed by atoms with Crippen molar-refractivity contribution in [3.63, 3.8) is 0 Å². The zero-order valence-corrected chi connectivity index (χ0v) is 20.0. The summed E-state index contributed by atoms with van der Waals surface area (Å²) in [5.74, 6) is -1.18. The summed E-state index contributed by atoms with van der Waals surface area (Å²) >= 11 is 18.3. The minimum absolute atomic E-state index is 0.0638. The highest BCUT2D eigenvalue weighted by atomic mass is 35.5. The Morgan fingerprint density at radius 1 is 1.00 bits per heavy atom. The lowest BCUT2D eigenvalue weighted by Crippen LogP contribution is -2.39. The molecule has 0 saturated heterocycles. The number of hydrogen-bond donors (Lipinski definition) is 1. The second kappa shape index (κ2) is 11.1. The molecule has 0 aliphatic heterocycles. The molecule has 1 N–H and O–H groups in total. The van der Waals surface area contributed by atoms with Crippen molar-refractivity contribution in [3.8, 4) is 0 Å². The van der Waals surface area contributed by atoms with Gasteiger partial charge in [-0.3, -0.25) is 4.79 Å². The van der Waals surface area contributed by atoms with Gasteiger partial charge in [-0.1, -0.05) is 53.0 Å². The number of rotatable bonds is 8. The number of nitrogens with one attached hydrogen (secondary N) is 1. The van der Waals surface area contributed by atoms with Crippen LogP contribution >= 0.6 is 34.8 Å². The summed E-state index contributed by atoms with van der Waals surface area (Å²) in [5, 5.41) is 4.63. The summed E-state index contributed by atoms with van der Waals surface area (Å²) < 4.78 is 40.7. The van der Waals surface area contributed by atoms with Crippen LogP contribution in [-0.2, 0) is 21.4 Å². The van der Waals surface area contributed by atoms with Gasteiger partial charge in [-0.25, -0.2) is 18.2 Å². The molecule has 0 unspecified atom stereocenters. The lowest BCUT2D eigenvalue weighted by molar-refractivity contribution is -0.121. The molecule has 0 saturated carbocycles. The summed E-state index contributed by atoms with van der Waals surface area (Å²) in [6.45, 7) is -0.836. The van der Waals surface area contributed by atoms with Crippen molar-refractivity contribution >= 4 is 56.9 Å². The number of carbonyl (C=O) groups excluding carboxylic acids is 1. The first-order valence-electron chi connectivity index (χ1n) is 9.43. The smallest absolute Gasteiger partial charge is 0.255 e. The second-order valence-corrected chi connectivity index (χ2v) is 9.96. The van der Waals surface area contributed by atoms with Crippen LogP contribution in [0.2, 0.25) is 15.1 Å². The third-order valence-corrected chi connectivity index (χ3v) is 7.19. The molecule has 11 heteroatoms. The Morgan fingerprint density at radius 2 is 1.64 bits per heavy atom. The van der Waals surface area contributed by atoms with Crippen LogP contribution in [0.5, 0.6) is 0 Å². The van der Waals surface area contributed by atoms with Crippen LogP contribution in [0.4, 0.5) is 4.39 Å². The number of sulfonamides is 1. The average Bonchev–Trinajstić information content (AvgIpc) is 2.76. The van der Waals surface area contributed by atoms with E-state index in [0.29, 0.717) is 16.1 Å². The van der Waals surface area contributed by atoms with Crippen molar-refractivity contribution in [2.75, 3.05) is 6.54 Å². The number of hydrazone groups is 1. The molecule has 0 spiro atoms. The lowest BCUT2D eigenvalue weighted by atomic mass is 10.2. The van der Waals surface area contributed by atoms with E-state index in [-0.39, 0.29) is 21.5 Å². The summed E-state index contributed by atoms with van der Waals surface area (Å²) in [6.07, 6.45) is 1.24. The first-order valence-corrected chi connectivity index (χ1v) is 12.0. The summed E-state index contributed by atoms with van der Waals surface area (Å²) in [7, 11) is -4.13. The molecule has 0 fully saturated rings. The van der Waals surface area contributed by atoms with Crippen LogP contribution in [-0.4, -0.2) is 31.4 Å². The first kappa shape index (κ1) is 25.1. The lowest BCUT2D eigenvalue weighted by Gasteiger charge is -2.22. The number of halogens is 4. The van der Waals surface area contributed by atoms with Gasteiger partial charge in [0.05, 0.1) is 17.7 Å². The van der Waals surface area contributed by atoms with E-state index in [2.05, 4.69) is 10.5 Å². The summed E-state index contributed by atoms with van der Waals surface area (Å²) in [6, 6.07) is 15.9. The van der Waals surface area contributed by atoms with Crippen LogP contribution in [0.25, 0.3) is 0 Å². The van der Waals surface area contributed by atoms with E-state index in [1.54, 1.807) is 24.3 Å². The van der Waals surface area contributed by atoms with E-state index in [0.717, 1.165) is 4.31 Å². The number of carbonyl (C=O) groups is 1. The zero-order chi connectivity index (χ0) is 24.0. The van der Waals surface area contributed by atoms with Gasteiger partial charge in [0.1, 0.15) is 5.82 Å². The van der Waals surface area contributed by atoms with E-state index in [4.69, 9.17) is 34.8 Å². The molecule has 0 heterocycles. The Bertz CT molecular complexity index is 1270. The Kier molecular flexibility index (Phi) is 8.45. The standard InChI is InChI=1S/C22H17Cl3FN3O3S/c23-16-7-9-18(10-8-16)33(31,32)29(13-19-20(24)5-2-6-21(19)25)14-22(30)28-27-12-15-3-1-4-17(26)11-15/h1-12H,13-14H2,(H,28,30)/b27-12-. The van der Waals surface area contributed by atoms with E-state index in [1.807, 2.05) is 0 Å². The Hall–Kier alpha value is -2.49. The van der Waals surface area contributed by atoms with Crippen molar-refractivity contribution in [2.24, 2.45) is 5.10 Å². The molecule has 3 aromatic carbocycles. The summed E-state index contributed by atoms with van der Waals surface area (Å²) in [5.41, 5.74) is 3.01. The fourth-order valence-corrected chi connectivity index (χ4v) is 4.81. The average molecular weight is 529 g/mol. The third kappa shape index (κ3) is 6.75. The molecule has 0 atom stereocenters. The van der Waals surface area contributed by atoms with Gasteiger partial charge in [0.25, 0.3) is 5.91 Å². The molecule has 3 aromatic rings. The zero-order valence-electron chi connectivity index (χ0n) is 16.9. The molecule has 0 radical (unpaired) electrons. The van der Waals surface area contributed by atoms with Crippen molar-refractivity contribution in [3.05, 3.63) is 98.7 Å². The van der Waals surface area contributed by atoms with Crippen molar-refractivity contribution in [1.82, 2.24) is 9.73 Å². The fourth-order valence-electron chi connectivity index (χ4n) is 2.80. The maximum atomic E-state index is 13.3. The molecule has 172 valence electrons. The first-order chi connectivity index (χ1) is 15.7. The molecule has 6 nitrogen and oxygen atoms in total. The van der Waals surface area contributed by atoms with Gasteiger partial charge >= 0.3 is 0 Å². The minimum atomic E-state index is -4.13. The van der Waals surface area contributed by atoms with E-state index < -0.39 is 28.3 Å². The van der Waals surface area contributed by atoms with Gasteiger partial charge < -0.3 is 0 Å². The third-order valence-electron chi connectivity index (χ3n) is 4.42. The molecular formula is C22H17Cl3FN3O3S. The molecule has 3 rings (SSSR count). The Morgan fingerprint density at radius 3 is 2.27 bits per heavy atom. The highest BCUT2D eigenvalue weighted by molar-refractivity contribution is 7.89. The normalized spacial score (nSPS) is 11.8. The Labute approximate surface area is 205 Å². The minimum Gasteiger partial charge on any atom is -0.272 e. The molecule has 33 heavy (non-hydrogen) atoms. The molecule has 0 aliphatic rings. The van der Waals surface area contributed by atoms with Gasteiger partial charge in [-0.05, 0) is 54.1 Å². The maximum absolute atomic E-state index is 13.3. The molecule has 1 amide bonds. The highest BCUT2D eigenvalue weighted by Gasteiger charge is 2.28. The van der Waals surface area contributed by atoms with Gasteiger partial charge in [-0.2, -0.15) is 9.41 Å².